The van der Waals surface area contributed by atoms with Gasteiger partial charge in [0.1, 0.15) is 0 Å². The SMILES string of the molecule is CCN1CC(C)C2(COC2)C1. The Morgan fingerprint density at radius 1 is 1.55 bits per heavy atom. The average molecular weight is 155 g/mol. The summed E-state index contributed by atoms with van der Waals surface area (Å²) in [4.78, 5) is 2.53. The van der Waals surface area contributed by atoms with Crippen LogP contribution in [0.3, 0.4) is 0 Å². The van der Waals surface area contributed by atoms with Gasteiger partial charge in [0.25, 0.3) is 0 Å². The van der Waals surface area contributed by atoms with Gasteiger partial charge < -0.3 is 9.64 Å². The number of rotatable bonds is 1. The van der Waals surface area contributed by atoms with Crippen LogP contribution in [0.25, 0.3) is 0 Å². The summed E-state index contributed by atoms with van der Waals surface area (Å²) >= 11 is 0. The Morgan fingerprint density at radius 3 is 2.55 bits per heavy atom. The minimum atomic E-state index is 0.552. The fourth-order valence-corrected chi connectivity index (χ4v) is 2.23. The van der Waals surface area contributed by atoms with Crippen LogP contribution >= 0.6 is 0 Å². The van der Waals surface area contributed by atoms with Gasteiger partial charge in [0.05, 0.1) is 13.2 Å². The summed E-state index contributed by atoms with van der Waals surface area (Å²) in [6.07, 6.45) is 0. The van der Waals surface area contributed by atoms with E-state index < -0.39 is 0 Å². The Hall–Kier alpha value is -0.0800. The minimum Gasteiger partial charge on any atom is -0.380 e. The molecule has 1 unspecified atom stereocenters. The molecule has 2 saturated heterocycles. The molecule has 0 aromatic rings. The van der Waals surface area contributed by atoms with Crippen molar-refractivity contribution in [3.8, 4) is 0 Å². The van der Waals surface area contributed by atoms with Gasteiger partial charge in [-0.05, 0) is 12.5 Å². The Bertz CT molecular complexity index is 154. The van der Waals surface area contributed by atoms with Crippen LogP contribution < -0.4 is 0 Å². The zero-order chi connectivity index (χ0) is 7.90. The monoisotopic (exact) mass is 155 g/mol. The minimum absolute atomic E-state index is 0.552. The first-order chi connectivity index (χ1) is 5.27. The molecule has 0 bridgehead atoms. The van der Waals surface area contributed by atoms with Gasteiger partial charge in [-0.1, -0.05) is 13.8 Å². The van der Waals surface area contributed by atoms with E-state index >= 15 is 0 Å². The summed E-state index contributed by atoms with van der Waals surface area (Å²) in [5, 5.41) is 0. The Labute approximate surface area is 68.5 Å². The molecular formula is C9H17NO. The van der Waals surface area contributed by atoms with Gasteiger partial charge in [-0.15, -0.1) is 0 Å². The Morgan fingerprint density at radius 2 is 2.27 bits per heavy atom. The van der Waals surface area contributed by atoms with Crippen molar-refractivity contribution in [2.75, 3.05) is 32.8 Å². The van der Waals surface area contributed by atoms with Gasteiger partial charge in [0.2, 0.25) is 0 Å². The number of hydrogen-bond acceptors (Lipinski definition) is 2. The second-order valence-electron chi connectivity index (χ2n) is 4.08. The maximum absolute atomic E-state index is 5.30. The maximum Gasteiger partial charge on any atom is 0.0560 e. The van der Waals surface area contributed by atoms with E-state index in [1.165, 1.54) is 19.6 Å². The summed E-state index contributed by atoms with van der Waals surface area (Å²) in [5.41, 5.74) is 0.552. The highest BCUT2D eigenvalue weighted by Gasteiger charge is 2.49. The van der Waals surface area contributed by atoms with Gasteiger partial charge in [-0.2, -0.15) is 0 Å². The number of ether oxygens (including phenoxy) is 1. The van der Waals surface area contributed by atoms with Crippen LogP contribution in [-0.2, 0) is 4.74 Å². The molecule has 2 aliphatic rings. The lowest BCUT2D eigenvalue weighted by Crippen LogP contribution is -2.48. The third-order valence-electron chi connectivity index (χ3n) is 3.34. The molecule has 1 spiro atoms. The molecule has 2 aliphatic heterocycles. The first kappa shape index (κ1) is 7.56. The van der Waals surface area contributed by atoms with Crippen molar-refractivity contribution in [1.29, 1.82) is 0 Å². The standard InChI is InChI=1S/C9H17NO/c1-3-10-4-8(2)9(5-10)6-11-7-9/h8H,3-7H2,1-2H3. The predicted molar refractivity (Wildman–Crippen MR) is 44.5 cm³/mol. The summed E-state index contributed by atoms with van der Waals surface area (Å²) in [5.74, 6) is 0.844. The lowest BCUT2D eigenvalue weighted by molar-refractivity contribution is -0.124. The van der Waals surface area contributed by atoms with Crippen molar-refractivity contribution < 1.29 is 4.74 Å². The van der Waals surface area contributed by atoms with Crippen LogP contribution in [0.15, 0.2) is 0 Å². The first-order valence-corrected chi connectivity index (χ1v) is 4.57. The second-order valence-corrected chi connectivity index (χ2v) is 4.08. The summed E-state index contributed by atoms with van der Waals surface area (Å²) in [6.45, 7) is 10.4. The molecule has 0 N–H and O–H groups in total. The van der Waals surface area contributed by atoms with E-state index in [1.54, 1.807) is 0 Å². The van der Waals surface area contributed by atoms with Gasteiger partial charge in [0.15, 0.2) is 0 Å². The van der Waals surface area contributed by atoms with Crippen molar-refractivity contribution in [1.82, 2.24) is 4.90 Å². The summed E-state index contributed by atoms with van der Waals surface area (Å²) in [6, 6.07) is 0. The third-order valence-corrected chi connectivity index (χ3v) is 3.34. The largest absolute Gasteiger partial charge is 0.380 e. The Balaban J connectivity index is 2.02. The molecule has 64 valence electrons. The van der Waals surface area contributed by atoms with E-state index in [0.29, 0.717) is 5.41 Å². The molecule has 1 atom stereocenters. The number of hydrogen-bond donors (Lipinski definition) is 0. The van der Waals surface area contributed by atoms with E-state index in [1.807, 2.05) is 0 Å². The molecule has 0 aromatic carbocycles. The molecule has 2 nitrogen and oxygen atoms in total. The highest BCUT2D eigenvalue weighted by Crippen LogP contribution is 2.41. The van der Waals surface area contributed by atoms with Gasteiger partial charge in [-0.25, -0.2) is 0 Å². The van der Waals surface area contributed by atoms with Crippen molar-refractivity contribution >= 4 is 0 Å². The zero-order valence-electron chi connectivity index (χ0n) is 7.47. The molecule has 2 fully saturated rings. The summed E-state index contributed by atoms with van der Waals surface area (Å²) in [7, 11) is 0. The molecule has 2 heterocycles. The highest BCUT2D eigenvalue weighted by atomic mass is 16.5. The molecule has 0 amide bonds. The average Bonchev–Trinajstić information content (AvgIpc) is 2.25. The Kier molecular flexibility index (Phi) is 1.69. The lowest BCUT2D eigenvalue weighted by Gasteiger charge is -2.41. The highest BCUT2D eigenvalue weighted by molar-refractivity contribution is 4.98. The van der Waals surface area contributed by atoms with Crippen molar-refractivity contribution in [3.05, 3.63) is 0 Å². The van der Waals surface area contributed by atoms with Crippen LogP contribution in [0.1, 0.15) is 13.8 Å². The van der Waals surface area contributed by atoms with E-state index in [4.69, 9.17) is 4.74 Å². The van der Waals surface area contributed by atoms with E-state index in [-0.39, 0.29) is 0 Å². The van der Waals surface area contributed by atoms with Crippen molar-refractivity contribution in [2.24, 2.45) is 11.3 Å². The maximum atomic E-state index is 5.30. The molecule has 2 heteroatoms. The van der Waals surface area contributed by atoms with Crippen molar-refractivity contribution in [3.63, 3.8) is 0 Å². The van der Waals surface area contributed by atoms with Crippen LogP contribution in [0.5, 0.6) is 0 Å². The topological polar surface area (TPSA) is 12.5 Å². The van der Waals surface area contributed by atoms with Gasteiger partial charge in [-0.3, -0.25) is 0 Å². The van der Waals surface area contributed by atoms with E-state index in [0.717, 1.165) is 19.1 Å². The van der Waals surface area contributed by atoms with Crippen LogP contribution in [0.2, 0.25) is 0 Å². The molecule has 2 rings (SSSR count). The summed E-state index contributed by atoms with van der Waals surface area (Å²) < 4.78 is 5.30. The molecule has 11 heavy (non-hydrogen) atoms. The number of likely N-dealkylation sites (tertiary alicyclic amines) is 1. The van der Waals surface area contributed by atoms with Crippen LogP contribution in [-0.4, -0.2) is 37.7 Å². The third kappa shape index (κ3) is 1.00. The fraction of sp³-hybridized carbons (Fsp3) is 1.00. The predicted octanol–water partition coefficient (Wildman–Crippen LogP) is 0.975. The van der Waals surface area contributed by atoms with Crippen LogP contribution in [0.4, 0.5) is 0 Å². The van der Waals surface area contributed by atoms with Gasteiger partial charge in [0, 0.05) is 18.5 Å². The lowest BCUT2D eigenvalue weighted by atomic mass is 9.77. The zero-order valence-corrected chi connectivity index (χ0v) is 7.47. The van der Waals surface area contributed by atoms with E-state index in [9.17, 15) is 0 Å². The number of nitrogens with zero attached hydrogens (tertiary/aromatic N) is 1. The van der Waals surface area contributed by atoms with Crippen molar-refractivity contribution in [2.45, 2.75) is 13.8 Å². The smallest absolute Gasteiger partial charge is 0.0560 e. The molecule has 0 saturated carbocycles. The normalized spacial score (nSPS) is 36.0. The molecule has 0 aromatic heterocycles. The fourth-order valence-electron chi connectivity index (χ4n) is 2.23. The molecule has 0 aliphatic carbocycles. The quantitative estimate of drug-likeness (QED) is 0.559. The second kappa shape index (κ2) is 2.46. The molecule has 0 radical (unpaired) electrons. The molecular weight excluding hydrogens is 138 g/mol. The van der Waals surface area contributed by atoms with Gasteiger partial charge >= 0.3 is 0 Å². The van der Waals surface area contributed by atoms with E-state index in [2.05, 4.69) is 18.7 Å². The van der Waals surface area contributed by atoms with Crippen LogP contribution in [0, 0.1) is 11.3 Å². The first-order valence-electron chi connectivity index (χ1n) is 4.57.